The Kier molecular flexibility index (Phi) is 4.22. The molecule has 0 spiro atoms. The second-order valence-electron chi connectivity index (χ2n) is 6.85. The highest BCUT2D eigenvalue weighted by Crippen LogP contribution is 2.21. The van der Waals surface area contributed by atoms with Crippen molar-refractivity contribution in [2.24, 2.45) is 0 Å². The van der Waals surface area contributed by atoms with E-state index in [2.05, 4.69) is 69.8 Å². The molecule has 1 aromatic heterocycles. The topological polar surface area (TPSA) is 44.0 Å². The van der Waals surface area contributed by atoms with Crippen LogP contribution in [0.3, 0.4) is 0 Å². The summed E-state index contributed by atoms with van der Waals surface area (Å²) in [5.41, 5.74) is 5.03. The molecule has 0 radical (unpaired) electrons. The molecule has 0 saturated carbocycles. The first-order valence-electron chi connectivity index (χ1n) is 8.74. The van der Waals surface area contributed by atoms with Crippen molar-refractivity contribution in [2.75, 3.05) is 18.4 Å². The molecular formula is C20H24N4. The van der Waals surface area contributed by atoms with E-state index in [4.69, 9.17) is 0 Å². The third kappa shape index (κ3) is 3.44. The molecule has 124 valence electrons. The maximum Gasteiger partial charge on any atom is 0.0651 e. The predicted molar refractivity (Wildman–Crippen MR) is 99.2 cm³/mol. The third-order valence-electron chi connectivity index (χ3n) is 4.93. The van der Waals surface area contributed by atoms with E-state index in [1.54, 1.807) is 0 Å². The highest BCUT2D eigenvalue weighted by molar-refractivity contribution is 5.81. The monoisotopic (exact) mass is 320 g/mol. The summed E-state index contributed by atoms with van der Waals surface area (Å²) in [4.78, 5) is 2.56. The van der Waals surface area contributed by atoms with E-state index in [0.29, 0.717) is 6.04 Å². The van der Waals surface area contributed by atoms with Gasteiger partial charge in [-0.25, -0.2) is 0 Å². The lowest BCUT2D eigenvalue weighted by Gasteiger charge is -2.33. The van der Waals surface area contributed by atoms with E-state index in [1.807, 2.05) is 6.20 Å². The van der Waals surface area contributed by atoms with E-state index >= 15 is 0 Å². The van der Waals surface area contributed by atoms with Gasteiger partial charge in [-0.2, -0.15) is 5.10 Å². The van der Waals surface area contributed by atoms with Gasteiger partial charge in [0.05, 0.1) is 11.7 Å². The number of hydrogen-bond acceptors (Lipinski definition) is 3. The number of benzene rings is 2. The lowest BCUT2D eigenvalue weighted by atomic mass is 10.0. The van der Waals surface area contributed by atoms with Gasteiger partial charge in [0, 0.05) is 36.7 Å². The minimum absolute atomic E-state index is 0.559. The van der Waals surface area contributed by atoms with E-state index < -0.39 is 0 Å². The Labute approximate surface area is 142 Å². The van der Waals surface area contributed by atoms with Crippen molar-refractivity contribution < 1.29 is 0 Å². The minimum atomic E-state index is 0.559. The number of aromatic amines is 1. The molecule has 0 atom stereocenters. The quantitative estimate of drug-likeness (QED) is 0.765. The van der Waals surface area contributed by atoms with Crippen LogP contribution < -0.4 is 5.32 Å². The summed E-state index contributed by atoms with van der Waals surface area (Å²) in [6.07, 6.45) is 4.26. The number of fused-ring (bicyclic) bond motifs is 1. The molecule has 0 bridgehead atoms. The lowest BCUT2D eigenvalue weighted by Crippen LogP contribution is -2.38. The lowest BCUT2D eigenvalue weighted by molar-refractivity contribution is 0.211. The Morgan fingerprint density at radius 2 is 1.92 bits per heavy atom. The predicted octanol–water partition coefficient (Wildman–Crippen LogP) is 3.95. The van der Waals surface area contributed by atoms with Crippen LogP contribution in [0.4, 0.5) is 5.69 Å². The van der Waals surface area contributed by atoms with Gasteiger partial charge in [-0.1, -0.05) is 29.8 Å². The number of aryl methyl sites for hydroxylation is 1. The molecule has 2 heterocycles. The molecule has 24 heavy (non-hydrogen) atoms. The van der Waals surface area contributed by atoms with Gasteiger partial charge in [0.2, 0.25) is 0 Å². The second-order valence-corrected chi connectivity index (χ2v) is 6.85. The highest BCUT2D eigenvalue weighted by Gasteiger charge is 2.19. The van der Waals surface area contributed by atoms with Gasteiger partial charge in [-0.05, 0) is 43.5 Å². The first kappa shape index (κ1) is 15.2. The Hall–Kier alpha value is -2.33. The van der Waals surface area contributed by atoms with Gasteiger partial charge in [-0.15, -0.1) is 0 Å². The van der Waals surface area contributed by atoms with Crippen LogP contribution in [0.2, 0.25) is 0 Å². The number of hydrogen-bond donors (Lipinski definition) is 2. The molecule has 4 rings (SSSR count). The first-order valence-corrected chi connectivity index (χ1v) is 8.74. The van der Waals surface area contributed by atoms with Crippen LogP contribution in [0.25, 0.3) is 10.9 Å². The maximum atomic E-state index is 4.08. The number of anilines is 1. The number of piperidine rings is 1. The van der Waals surface area contributed by atoms with Gasteiger partial charge in [-0.3, -0.25) is 10.00 Å². The fourth-order valence-corrected chi connectivity index (χ4v) is 3.46. The molecule has 0 aliphatic carbocycles. The number of H-pyrrole nitrogens is 1. The van der Waals surface area contributed by atoms with Crippen LogP contribution >= 0.6 is 0 Å². The number of likely N-dealkylation sites (tertiary alicyclic amines) is 1. The zero-order valence-corrected chi connectivity index (χ0v) is 14.1. The van der Waals surface area contributed by atoms with Crippen molar-refractivity contribution in [3.05, 3.63) is 59.8 Å². The Bertz CT molecular complexity index is 798. The molecule has 1 saturated heterocycles. The van der Waals surface area contributed by atoms with Crippen LogP contribution in [-0.2, 0) is 6.54 Å². The van der Waals surface area contributed by atoms with Gasteiger partial charge in [0.25, 0.3) is 0 Å². The van der Waals surface area contributed by atoms with Gasteiger partial charge < -0.3 is 5.32 Å². The molecule has 0 amide bonds. The van der Waals surface area contributed by atoms with Crippen molar-refractivity contribution in [3.8, 4) is 0 Å². The molecule has 2 N–H and O–H groups in total. The van der Waals surface area contributed by atoms with E-state index in [-0.39, 0.29) is 0 Å². The summed E-state index contributed by atoms with van der Waals surface area (Å²) >= 11 is 0. The number of nitrogens with zero attached hydrogens (tertiary/aromatic N) is 2. The summed E-state index contributed by atoms with van der Waals surface area (Å²) in [5, 5.41) is 11.9. The molecule has 0 unspecified atom stereocenters. The molecular weight excluding hydrogens is 296 g/mol. The normalized spacial score (nSPS) is 16.5. The summed E-state index contributed by atoms with van der Waals surface area (Å²) in [6.45, 7) is 5.51. The Balaban J connectivity index is 1.31. The summed E-state index contributed by atoms with van der Waals surface area (Å²) < 4.78 is 0. The summed E-state index contributed by atoms with van der Waals surface area (Å²) in [6, 6.07) is 15.9. The van der Waals surface area contributed by atoms with Crippen LogP contribution in [0.15, 0.2) is 48.7 Å². The number of nitrogens with one attached hydrogen (secondary N) is 2. The van der Waals surface area contributed by atoms with Crippen molar-refractivity contribution in [2.45, 2.75) is 32.4 Å². The molecule has 1 aliphatic heterocycles. The average molecular weight is 320 g/mol. The average Bonchev–Trinajstić information content (AvgIpc) is 3.06. The van der Waals surface area contributed by atoms with Crippen molar-refractivity contribution in [1.29, 1.82) is 0 Å². The Morgan fingerprint density at radius 1 is 1.12 bits per heavy atom. The van der Waals surface area contributed by atoms with Gasteiger partial charge in [0.1, 0.15) is 0 Å². The van der Waals surface area contributed by atoms with E-state index in [9.17, 15) is 0 Å². The number of rotatable bonds is 4. The molecule has 3 aromatic rings. The molecule has 1 aliphatic rings. The van der Waals surface area contributed by atoms with Crippen LogP contribution in [-0.4, -0.2) is 34.2 Å². The smallest absolute Gasteiger partial charge is 0.0651 e. The largest absolute Gasteiger partial charge is 0.382 e. The molecule has 1 fully saturated rings. The fourth-order valence-electron chi connectivity index (χ4n) is 3.46. The zero-order chi connectivity index (χ0) is 16.4. The molecule has 4 heteroatoms. The van der Waals surface area contributed by atoms with Crippen LogP contribution in [0.1, 0.15) is 24.0 Å². The van der Waals surface area contributed by atoms with E-state index in [1.165, 1.54) is 29.7 Å². The van der Waals surface area contributed by atoms with E-state index in [0.717, 1.165) is 30.5 Å². The SMILES string of the molecule is Cc1ccc(CN2CCC(Nc3ccc4[nH]ncc4c3)CC2)cc1. The minimum Gasteiger partial charge on any atom is -0.382 e. The van der Waals surface area contributed by atoms with Crippen molar-refractivity contribution in [1.82, 2.24) is 15.1 Å². The molecule has 4 nitrogen and oxygen atoms in total. The summed E-state index contributed by atoms with van der Waals surface area (Å²) in [5.74, 6) is 0. The standard InChI is InChI=1S/C20H24N4/c1-15-2-4-16(5-3-15)14-24-10-8-18(9-11-24)22-19-6-7-20-17(12-19)13-21-23-20/h2-7,12-13,18,22H,8-11,14H2,1H3,(H,21,23). The van der Waals surface area contributed by atoms with Crippen LogP contribution in [0.5, 0.6) is 0 Å². The number of aromatic nitrogens is 2. The third-order valence-corrected chi connectivity index (χ3v) is 4.93. The fraction of sp³-hybridized carbons (Fsp3) is 0.350. The molecule has 2 aromatic carbocycles. The van der Waals surface area contributed by atoms with Crippen LogP contribution in [0, 0.1) is 6.92 Å². The Morgan fingerprint density at radius 3 is 2.71 bits per heavy atom. The second kappa shape index (κ2) is 6.65. The summed E-state index contributed by atoms with van der Waals surface area (Å²) in [7, 11) is 0. The maximum absolute atomic E-state index is 4.08. The zero-order valence-electron chi connectivity index (χ0n) is 14.1. The van der Waals surface area contributed by atoms with Gasteiger partial charge >= 0.3 is 0 Å². The van der Waals surface area contributed by atoms with Crippen molar-refractivity contribution >= 4 is 16.6 Å². The van der Waals surface area contributed by atoms with Crippen molar-refractivity contribution in [3.63, 3.8) is 0 Å². The highest BCUT2D eigenvalue weighted by atomic mass is 15.1. The van der Waals surface area contributed by atoms with Gasteiger partial charge in [0.15, 0.2) is 0 Å². The first-order chi connectivity index (χ1) is 11.8.